The molecule has 1 aliphatic rings. The molecule has 0 saturated heterocycles. The summed E-state index contributed by atoms with van der Waals surface area (Å²) in [5.41, 5.74) is 7.37. The van der Waals surface area contributed by atoms with Gasteiger partial charge in [-0.15, -0.1) is 0 Å². The Morgan fingerprint density at radius 2 is 1.81 bits per heavy atom. The van der Waals surface area contributed by atoms with Crippen LogP contribution in [0.4, 0.5) is 18.9 Å². The molecule has 32 heavy (non-hydrogen) atoms. The van der Waals surface area contributed by atoms with Crippen LogP contribution in [0.25, 0.3) is 22.2 Å². The number of rotatable bonds is 5. The highest BCUT2D eigenvalue weighted by molar-refractivity contribution is 5.83. The smallest absolute Gasteiger partial charge is 0.328 e. The minimum Gasteiger partial charge on any atom is -0.436 e. The number of benzene rings is 2. The van der Waals surface area contributed by atoms with E-state index in [4.69, 9.17) is 10.5 Å². The minimum atomic E-state index is -1.56. The molecule has 2 N–H and O–H groups in total. The number of fused-ring (bicyclic) bond motifs is 1. The molecule has 1 saturated carbocycles. The van der Waals surface area contributed by atoms with Gasteiger partial charge in [0.25, 0.3) is 11.8 Å². The van der Waals surface area contributed by atoms with E-state index >= 15 is 0 Å². The van der Waals surface area contributed by atoms with Crippen molar-refractivity contribution in [1.82, 2.24) is 14.1 Å². The zero-order chi connectivity index (χ0) is 22.6. The number of nitrogens with zero attached hydrogens (tertiary/aromatic N) is 3. The van der Waals surface area contributed by atoms with Gasteiger partial charge in [0.2, 0.25) is 11.6 Å². The van der Waals surface area contributed by atoms with Crippen molar-refractivity contribution >= 4 is 16.7 Å². The molecule has 0 radical (unpaired) electrons. The van der Waals surface area contributed by atoms with Crippen LogP contribution < -0.4 is 16.2 Å². The summed E-state index contributed by atoms with van der Waals surface area (Å²) in [6.45, 7) is 0.717. The lowest BCUT2D eigenvalue weighted by molar-refractivity contribution is 0.390. The third kappa shape index (κ3) is 3.39. The fraction of sp³-hybridized carbons (Fsp3) is 0.217. The zero-order valence-corrected chi connectivity index (χ0v) is 17.1. The van der Waals surface area contributed by atoms with E-state index in [0.717, 1.165) is 41.5 Å². The first-order valence-corrected chi connectivity index (χ1v) is 10.1. The average Bonchev–Trinajstić information content (AvgIpc) is 3.59. The van der Waals surface area contributed by atoms with Crippen LogP contribution in [0.5, 0.6) is 11.6 Å². The second-order valence-corrected chi connectivity index (χ2v) is 7.98. The molecule has 2 aromatic heterocycles. The zero-order valence-electron chi connectivity index (χ0n) is 17.1. The van der Waals surface area contributed by atoms with Crippen LogP contribution in [0, 0.1) is 23.5 Å². The number of aromatic nitrogens is 3. The summed E-state index contributed by atoms with van der Waals surface area (Å²) in [5, 5.41) is 0. The fourth-order valence-corrected chi connectivity index (χ4v) is 3.75. The molecule has 164 valence electrons. The van der Waals surface area contributed by atoms with Crippen molar-refractivity contribution in [3.8, 4) is 22.8 Å². The van der Waals surface area contributed by atoms with Gasteiger partial charge in [0.05, 0.1) is 11.0 Å². The molecule has 5 rings (SSSR count). The van der Waals surface area contributed by atoms with E-state index in [-0.39, 0.29) is 11.4 Å². The quantitative estimate of drug-likeness (QED) is 0.460. The first-order chi connectivity index (χ1) is 15.3. The molecule has 0 unspecified atom stereocenters. The minimum absolute atomic E-state index is 0.0568. The van der Waals surface area contributed by atoms with Gasteiger partial charge in [0, 0.05) is 13.6 Å². The van der Waals surface area contributed by atoms with Crippen molar-refractivity contribution in [2.75, 3.05) is 5.73 Å². The molecule has 0 atom stereocenters. The molecule has 0 spiro atoms. The molecular weight excluding hydrogens is 421 g/mol. The highest BCUT2D eigenvalue weighted by atomic mass is 19.2. The number of nitrogens with two attached hydrogens (primary N) is 1. The highest BCUT2D eigenvalue weighted by Gasteiger charge is 2.24. The molecule has 9 heteroatoms. The van der Waals surface area contributed by atoms with Crippen LogP contribution in [-0.2, 0) is 13.6 Å². The summed E-state index contributed by atoms with van der Waals surface area (Å²) >= 11 is 0. The Morgan fingerprint density at radius 3 is 2.56 bits per heavy atom. The van der Waals surface area contributed by atoms with Crippen molar-refractivity contribution in [2.24, 2.45) is 13.0 Å². The molecule has 0 aliphatic heterocycles. The van der Waals surface area contributed by atoms with Gasteiger partial charge in [0.1, 0.15) is 11.4 Å². The van der Waals surface area contributed by atoms with E-state index in [1.54, 1.807) is 28.3 Å². The Bertz CT molecular complexity index is 1420. The second-order valence-electron chi connectivity index (χ2n) is 7.98. The van der Waals surface area contributed by atoms with Gasteiger partial charge >= 0.3 is 5.69 Å². The lowest BCUT2D eigenvalue weighted by Gasteiger charge is -2.10. The fourth-order valence-electron chi connectivity index (χ4n) is 3.75. The van der Waals surface area contributed by atoms with E-state index in [1.165, 1.54) is 6.07 Å². The maximum atomic E-state index is 14.2. The predicted octanol–water partition coefficient (Wildman–Crippen LogP) is 4.60. The van der Waals surface area contributed by atoms with Crippen molar-refractivity contribution in [3.05, 3.63) is 70.5 Å². The standard InChI is InChI=1S/C23H19F3N4O2/c1-29-17-10-14(7-8-16(17)30(23(29)31)11-12-5-6-12)13-3-2-4-15(9-13)32-22-19(25)20(27)18(24)21(26)28-22/h2-4,7-10,12H,5-6,11H2,1H3,(H2,27,28). The number of anilines is 1. The largest absolute Gasteiger partial charge is 0.436 e. The van der Waals surface area contributed by atoms with E-state index in [0.29, 0.717) is 5.92 Å². The lowest BCUT2D eigenvalue weighted by atomic mass is 10.0. The Morgan fingerprint density at radius 1 is 1.06 bits per heavy atom. The average molecular weight is 440 g/mol. The van der Waals surface area contributed by atoms with E-state index in [1.807, 2.05) is 24.3 Å². The summed E-state index contributed by atoms with van der Waals surface area (Å²) in [5.74, 6) is -4.41. The van der Waals surface area contributed by atoms with E-state index in [2.05, 4.69) is 4.98 Å². The van der Waals surface area contributed by atoms with Crippen LogP contribution in [0.2, 0.25) is 0 Å². The van der Waals surface area contributed by atoms with Gasteiger partial charge in [-0.05, 0) is 54.2 Å². The first kappa shape index (κ1) is 20.2. The Kier molecular flexibility index (Phi) is 4.69. The third-order valence-electron chi connectivity index (χ3n) is 5.71. The van der Waals surface area contributed by atoms with Crippen molar-refractivity contribution < 1.29 is 17.9 Å². The maximum absolute atomic E-state index is 14.2. The lowest BCUT2D eigenvalue weighted by Crippen LogP contribution is -2.22. The van der Waals surface area contributed by atoms with Crippen LogP contribution in [0.1, 0.15) is 12.8 Å². The van der Waals surface area contributed by atoms with Crippen molar-refractivity contribution in [1.29, 1.82) is 0 Å². The highest BCUT2D eigenvalue weighted by Crippen LogP contribution is 2.33. The number of hydrogen-bond donors (Lipinski definition) is 1. The summed E-state index contributed by atoms with van der Waals surface area (Å²) in [7, 11) is 1.74. The topological polar surface area (TPSA) is 75.1 Å². The Balaban J connectivity index is 1.51. The molecule has 0 bridgehead atoms. The van der Waals surface area contributed by atoms with E-state index in [9.17, 15) is 18.0 Å². The summed E-state index contributed by atoms with van der Waals surface area (Å²) in [6, 6.07) is 12.3. The normalized spacial score (nSPS) is 13.6. The van der Waals surface area contributed by atoms with Crippen LogP contribution in [0.15, 0.2) is 47.3 Å². The molecular formula is C23H19F3N4O2. The second kappa shape index (κ2) is 7.44. The SMILES string of the molecule is Cn1c(=O)n(CC2CC2)c2ccc(-c3cccc(Oc4nc(F)c(F)c(N)c4F)c3)cc21. The number of imidazole rings is 1. The number of pyridine rings is 1. The molecule has 0 amide bonds. The van der Waals surface area contributed by atoms with Crippen molar-refractivity contribution in [3.63, 3.8) is 0 Å². The molecule has 4 aromatic rings. The van der Waals surface area contributed by atoms with Gasteiger partial charge in [-0.3, -0.25) is 9.13 Å². The van der Waals surface area contributed by atoms with Crippen molar-refractivity contribution in [2.45, 2.75) is 19.4 Å². The van der Waals surface area contributed by atoms with Gasteiger partial charge in [-0.25, -0.2) is 4.79 Å². The first-order valence-electron chi connectivity index (χ1n) is 10.1. The molecule has 2 aromatic carbocycles. The van der Waals surface area contributed by atoms with Crippen LogP contribution in [-0.4, -0.2) is 14.1 Å². The number of halogens is 3. The third-order valence-corrected chi connectivity index (χ3v) is 5.71. The monoisotopic (exact) mass is 440 g/mol. The van der Waals surface area contributed by atoms with Gasteiger partial charge in [0.15, 0.2) is 0 Å². The summed E-state index contributed by atoms with van der Waals surface area (Å²) in [4.78, 5) is 15.8. The van der Waals surface area contributed by atoms with Gasteiger partial charge in [-0.2, -0.15) is 18.2 Å². The molecule has 1 fully saturated rings. The van der Waals surface area contributed by atoms with Gasteiger partial charge < -0.3 is 10.5 Å². The number of nitrogen functional groups attached to an aromatic ring is 1. The number of hydrogen-bond acceptors (Lipinski definition) is 4. The Labute approximate surface area is 180 Å². The molecule has 2 heterocycles. The van der Waals surface area contributed by atoms with Crippen LogP contribution >= 0.6 is 0 Å². The Hall–Kier alpha value is -3.75. The number of aryl methyl sites for hydroxylation is 1. The predicted molar refractivity (Wildman–Crippen MR) is 114 cm³/mol. The summed E-state index contributed by atoms with van der Waals surface area (Å²) < 4.78 is 49.8. The van der Waals surface area contributed by atoms with Crippen LogP contribution in [0.3, 0.4) is 0 Å². The number of ether oxygens (including phenoxy) is 1. The summed E-state index contributed by atoms with van der Waals surface area (Å²) in [6.07, 6.45) is 2.29. The molecule has 1 aliphatic carbocycles. The van der Waals surface area contributed by atoms with E-state index < -0.39 is 29.1 Å². The maximum Gasteiger partial charge on any atom is 0.328 e. The molecule has 6 nitrogen and oxygen atoms in total. The van der Waals surface area contributed by atoms with Gasteiger partial charge in [-0.1, -0.05) is 18.2 Å².